The van der Waals surface area contributed by atoms with E-state index in [1.165, 1.54) is 24.2 Å². The topological polar surface area (TPSA) is 28.8 Å². The lowest BCUT2D eigenvalue weighted by Crippen LogP contribution is -2.13. The number of aromatic nitrogens is 1. The Morgan fingerprint density at radius 3 is 3.06 bits per heavy atom. The molecule has 2 nitrogen and oxygen atoms in total. The van der Waals surface area contributed by atoms with E-state index in [9.17, 15) is 0 Å². The zero-order chi connectivity index (χ0) is 11.8. The average molecular weight is 244 g/mol. The van der Waals surface area contributed by atoms with Crippen molar-refractivity contribution in [2.24, 2.45) is 0 Å². The van der Waals surface area contributed by atoms with E-state index < -0.39 is 0 Å². The van der Waals surface area contributed by atoms with E-state index in [4.69, 9.17) is 5.41 Å². The fourth-order valence-electron chi connectivity index (χ4n) is 2.64. The van der Waals surface area contributed by atoms with E-state index in [-0.39, 0.29) is 0 Å². The summed E-state index contributed by atoms with van der Waals surface area (Å²) in [6.07, 6.45) is 3.65. The van der Waals surface area contributed by atoms with Gasteiger partial charge in [0, 0.05) is 23.5 Å². The highest BCUT2D eigenvalue weighted by Gasteiger charge is 2.19. The second kappa shape index (κ2) is 4.15. The summed E-state index contributed by atoms with van der Waals surface area (Å²) in [6.45, 7) is 3.28. The van der Waals surface area contributed by atoms with Crippen LogP contribution in [0.3, 0.4) is 0 Å². The SMILES string of the molecule is Cc1cc(C(=N)c2cccs2)c2n1CCCC2. The molecule has 0 saturated heterocycles. The minimum absolute atomic E-state index is 0.693. The Labute approximate surface area is 105 Å². The first kappa shape index (κ1) is 10.8. The highest BCUT2D eigenvalue weighted by molar-refractivity contribution is 7.12. The number of aryl methyl sites for hydroxylation is 1. The van der Waals surface area contributed by atoms with Crippen LogP contribution in [-0.2, 0) is 13.0 Å². The second-order valence-electron chi connectivity index (χ2n) is 4.61. The summed E-state index contributed by atoms with van der Waals surface area (Å²) in [5, 5.41) is 10.4. The van der Waals surface area contributed by atoms with Crippen LogP contribution in [0.4, 0.5) is 0 Å². The summed E-state index contributed by atoms with van der Waals surface area (Å²) in [5.41, 5.74) is 4.51. The number of nitrogens with zero attached hydrogens (tertiary/aromatic N) is 1. The Kier molecular flexibility index (Phi) is 2.63. The molecule has 0 atom stereocenters. The van der Waals surface area contributed by atoms with Gasteiger partial charge in [-0.05, 0) is 43.7 Å². The van der Waals surface area contributed by atoms with Gasteiger partial charge in [-0.25, -0.2) is 0 Å². The van der Waals surface area contributed by atoms with Gasteiger partial charge < -0.3 is 4.57 Å². The quantitative estimate of drug-likeness (QED) is 0.782. The molecule has 0 aromatic carbocycles. The maximum absolute atomic E-state index is 8.34. The largest absolute Gasteiger partial charge is 0.348 e. The normalized spacial score (nSPS) is 14.6. The highest BCUT2D eigenvalue weighted by atomic mass is 32.1. The van der Waals surface area contributed by atoms with Crippen LogP contribution in [0.2, 0.25) is 0 Å². The van der Waals surface area contributed by atoms with Crippen LogP contribution >= 0.6 is 11.3 Å². The summed E-state index contributed by atoms with van der Waals surface area (Å²) in [6, 6.07) is 6.24. The van der Waals surface area contributed by atoms with Gasteiger partial charge in [-0.2, -0.15) is 0 Å². The smallest absolute Gasteiger partial charge is 0.0802 e. The minimum atomic E-state index is 0.693. The molecule has 0 spiro atoms. The van der Waals surface area contributed by atoms with Crippen LogP contribution in [0.1, 0.15) is 34.7 Å². The molecule has 3 rings (SSSR count). The van der Waals surface area contributed by atoms with Gasteiger partial charge in [0.1, 0.15) is 0 Å². The van der Waals surface area contributed by atoms with Crippen molar-refractivity contribution in [1.82, 2.24) is 4.57 Å². The molecule has 0 fully saturated rings. The lowest BCUT2D eigenvalue weighted by atomic mass is 10.0. The van der Waals surface area contributed by atoms with E-state index in [1.54, 1.807) is 11.3 Å². The van der Waals surface area contributed by atoms with Crippen LogP contribution in [-0.4, -0.2) is 10.3 Å². The zero-order valence-corrected chi connectivity index (χ0v) is 10.8. The Balaban J connectivity index is 2.06. The summed E-state index contributed by atoms with van der Waals surface area (Å²) in [4.78, 5) is 1.07. The molecule has 1 aliphatic heterocycles. The van der Waals surface area contributed by atoms with Gasteiger partial charge in [-0.15, -0.1) is 11.3 Å². The van der Waals surface area contributed by atoms with Gasteiger partial charge in [0.2, 0.25) is 0 Å². The molecule has 0 bridgehead atoms. The Morgan fingerprint density at radius 2 is 2.29 bits per heavy atom. The van der Waals surface area contributed by atoms with E-state index in [0.29, 0.717) is 5.71 Å². The number of hydrogen-bond acceptors (Lipinski definition) is 2. The summed E-state index contributed by atoms with van der Waals surface area (Å²) in [5.74, 6) is 0. The maximum atomic E-state index is 8.34. The summed E-state index contributed by atoms with van der Waals surface area (Å²) >= 11 is 1.65. The molecule has 17 heavy (non-hydrogen) atoms. The first-order valence-electron chi connectivity index (χ1n) is 6.09. The molecule has 88 valence electrons. The fourth-order valence-corrected chi connectivity index (χ4v) is 3.33. The number of rotatable bonds is 2. The van der Waals surface area contributed by atoms with Crippen molar-refractivity contribution in [3.8, 4) is 0 Å². The monoisotopic (exact) mass is 244 g/mol. The third-order valence-electron chi connectivity index (χ3n) is 3.50. The van der Waals surface area contributed by atoms with Crippen molar-refractivity contribution in [1.29, 1.82) is 5.41 Å². The Hall–Kier alpha value is -1.35. The standard InChI is InChI=1S/C14H16N2S/c1-10-9-11(12-5-2-3-7-16(10)12)14(15)13-6-4-8-17-13/h4,6,8-9,15H,2-3,5,7H2,1H3. The predicted molar refractivity (Wildman–Crippen MR) is 72.4 cm³/mol. The van der Waals surface area contributed by atoms with E-state index >= 15 is 0 Å². The highest BCUT2D eigenvalue weighted by Crippen LogP contribution is 2.26. The van der Waals surface area contributed by atoms with Gasteiger partial charge in [0.05, 0.1) is 10.6 Å². The number of fused-ring (bicyclic) bond motifs is 1. The molecule has 2 aromatic heterocycles. The Bertz CT molecular complexity index is 549. The molecule has 1 aliphatic rings. The van der Waals surface area contributed by atoms with Crippen molar-refractivity contribution >= 4 is 17.0 Å². The lowest BCUT2D eigenvalue weighted by molar-refractivity contribution is 0.524. The van der Waals surface area contributed by atoms with Crippen molar-refractivity contribution < 1.29 is 0 Å². The van der Waals surface area contributed by atoms with E-state index in [2.05, 4.69) is 17.6 Å². The van der Waals surface area contributed by atoms with Crippen molar-refractivity contribution in [2.45, 2.75) is 32.7 Å². The molecule has 3 heteroatoms. The first-order valence-corrected chi connectivity index (χ1v) is 6.97. The van der Waals surface area contributed by atoms with Gasteiger partial charge >= 0.3 is 0 Å². The summed E-state index contributed by atoms with van der Waals surface area (Å²) < 4.78 is 2.39. The number of thiophene rings is 1. The molecule has 0 unspecified atom stereocenters. The molecular weight excluding hydrogens is 228 g/mol. The zero-order valence-electron chi connectivity index (χ0n) is 9.99. The molecule has 0 radical (unpaired) electrons. The number of hydrogen-bond donors (Lipinski definition) is 1. The summed E-state index contributed by atoms with van der Waals surface area (Å²) in [7, 11) is 0. The number of nitrogens with one attached hydrogen (secondary N) is 1. The van der Waals surface area contributed by atoms with Crippen molar-refractivity contribution in [2.75, 3.05) is 0 Å². The van der Waals surface area contributed by atoms with E-state index in [0.717, 1.165) is 23.4 Å². The van der Waals surface area contributed by atoms with Gasteiger partial charge in [-0.3, -0.25) is 5.41 Å². The molecule has 1 N–H and O–H groups in total. The molecular formula is C14H16N2S. The Morgan fingerprint density at radius 1 is 1.41 bits per heavy atom. The van der Waals surface area contributed by atoms with Crippen molar-refractivity contribution in [3.05, 3.63) is 45.4 Å². The third-order valence-corrected chi connectivity index (χ3v) is 4.39. The maximum Gasteiger partial charge on any atom is 0.0802 e. The average Bonchev–Trinajstić information content (AvgIpc) is 2.97. The molecule has 0 saturated carbocycles. The van der Waals surface area contributed by atoms with Crippen LogP contribution < -0.4 is 0 Å². The van der Waals surface area contributed by atoms with Gasteiger partial charge in [-0.1, -0.05) is 6.07 Å². The van der Waals surface area contributed by atoms with Crippen LogP contribution in [0.15, 0.2) is 23.6 Å². The molecule has 0 amide bonds. The predicted octanol–water partition coefficient (Wildman–Crippen LogP) is 3.61. The fraction of sp³-hybridized carbons (Fsp3) is 0.357. The van der Waals surface area contributed by atoms with Crippen LogP contribution in [0.25, 0.3) is 0 Å². The minimum Gasteiger partial charge on any atom is -0.348 e. The molecule has 2 aromatic rings. The molecule has 0 aliphatic carbocycles. The lowest BCUT2D eigenvalue weighted by Gasteiger charge is -2.18. The van der Waals surface area contributed by atoms with Crippen LogP contribution in [0, 0.1) is 12.3 Å². The van der Waals surface area contributed by atoms with Crippen molar-refractivity contribution in [3.63, 3.8) is 0 Å². The molecule has 3 heterocycles. The third kappa shape index (κ3) is 1.75. The van der Waals surface area contributed by atoms with Gasteiger partial charge in [0.15, 0.2) is 0 Å². The van der Waals surface area contributed by atoms with E-state index in [1.807, 2.05) is 17.5 Å². The van der Waals surface area contributed by atoms with Gasteiger partial charge in [0.25, 0.3) is 0 Å². The first-order chi connectivity index (χ1) is 8.27. The second-order valence-corrected chi connectivity index (χ2v) is 5.55. The van der Waals surface area contributed by atoms with Crippen LogP contribution in [0.5, 0.6) is 0 Å².